The van der Waals surface area contributed by atoms with Gasteiger partial charge in [-0.1, -0.05) is 24.3 Å². The standard InChI is InChI=1S/C13H13NS/c1-2-5-12(14-10-7-8-10)11(4-1)13-6-3-9-15-13/h1-6,9-10,14H,7-8H2. The van der Waals surface area contributed by atoms with Crippen molar-refractivity contribution in [1.82, 2.24) is 0 Å². The number of para-hydroxylation sites is 1. The first-order valence-electron chi connectivity index (χ1n) is 5.33. The molecule has 0 atom stereocenters. The summed E-state index contributed by atoms with van der Waals surface area (Å²) in [4.78, 5) is 1.35. The molecule has 2 heteroatoms. The molecular formula is C13H13NS. The second kappa shape index (κ2) is 3.70. The molecule has 2 aromatic rings. The monoisotopic (exact) mass is 215 g/mol. The Hall–Kier alpha value is -1.28. The Morgan fingerprint density at radius 2 is 1.93 bits per heavy atom. The fourth-order valence-corrected chi connectivity index (χ4v) is 2.47. The lowest BCUT2D eigenvalue weighted by Gasteiger charge is -2.09. The van der Waals surface area contributed by atoms with Crippen molar-refractivity contribution in [3.05, 3.63) is 41.8 Å². The van der Waals surface area contributed by atoms with Crippen LogP contribution in [0.1, 0.15) is 12.8 Å². The first-order chi connectivity index (χ1) is 7.43. The molecule has 0 bridgehead atoms. The van der Waals surface area contributed by atoms with Gasteiger partial charge in [-0.2, -0.15) is 0 Å². The molecule has 15 heavy (non-hydrogen) atoms. The van der Waals surface area contributed by atoms with Gasteiger partial charge in [-0.25, -0.2) is 0 Å². The SMILES string of the molecule is c1csc(-c2ccccc2NC2CC2)c1. The third kappa shape index (κ3) is 1.90. The number of rotatable bonds is 3. The summed E-state index contributed by atoms with van der Waals surface area (Å²) in [5.41, 5.74) is 2.61. The summed E-state index contributed by atoms with van der Waals surface area (Å²) in [7, 11) is 0. The zero-order valence-corrected chi connectivity index (χ0v) is 9.26. The number of benzene rings is 1. The fraction of sp³-hybridized carbons (Fsp3) is 0.231. The number of hydrogen-bond donors (Lipinski definition) is 1. The third-order valence-electron chi connectivity index (χ3n) is 2.65. The highest BCUT2D eigenvalue weighted by molar-refractivity contribution is 7.13. The molecule has 1 saturated carbocycles. The van der Waals surface area contributed by atoms with Crippen LogP contribution in [0.3, 0.4) is 0 Å². The van der Waals surface area contributed by atoms with Crippen LogP contribution in [0, 0.1) is 0 Å². The second-order valence-corrected chi connectivity index (χ2v) is 4.89. The summed E-state index contributed by atoms with van der Waals surface area (Å²) in [6, 6.07) is 13.6. The summed E-state index contributed by atoms with van der Waals surface area (Å²) >= 11 is 1.80. The van der Waals surface area contributed by atoms with Crippen molar-refractivity contribution in [2.24, 2.45) is 0 Å². The van der Waals surface area contributed by atoms with Crippen molar-refractivity contribution < 1.29 is 0 Å². The van der Waals surface area contributed by atoms with Crippen LogP contribution >= 0.6 is 11.3 Å². The van der Waals surface area contributed by atoms with E-state index in [4.69, 9.17) is 0 Å². The minimum atomic E-state index is 0.714. The lowest BCUT2D eigenvalue weighted by Crippen LogP contribution is -2.01. The minimum Gasteiger partial charge on any atom is -0.382 e. The first kappa shape index (κ1) is 8.98. The van der Waals surface area contributed by atoms with Gasteiger partial charge in [-0.3, -0.25) is 0 Å². The molecule has 1 fully saturated rings. The maximum absolute atomic E-state index is 3.58. The molecule has 0 aliphatic heterocycles. The van der Waals surface area contributed by atoms with E-state index in [2.05, 4.69) is 47.1 Å². The molecule has 1 heterocycles. The summed E-state index contributed by atoms with van der Waals surface area (Å²) in [6.45, 7) is 0. The van der Waals surface area contributed by atoms with E-state index in [9.17, 15) is 0 Å². The van der Waals surface area contributed by atoms with Crippen LogP contribution in [-0.4, -0.2) is 6.04 Å². The highest BCUT2D eigenvalue weighted by atomic mass is 32.1. The van der Waals surface area contributed by atoms with Gasteiger partial charge < -0.3 is 5.32 Å². The Morgan fingerprint density at radius 3 is 2.67 bits per heavy atom. The van der Waals surface area contributed by atoms with Gasteiger partial charge in [0.05, 0.1) is 0 Å². The van der Waals surface area contributed by atoms with Crippen LogP contribution < -0.4 is 5.32 Å². The summed E-state index contributed by atoms with van der Waals surface area (Å²) in [5, 5.41) is 5.71. The molecule has 3 rings (SSSR count). The topological polar surface area (TPSA) is 12.0 Å². The third-order valence-corrected chi connectivity index (χ3v) is 3.55. The van der Waals surface area contributed by atoms with Crippen molar-refractivity contribution in [1.29, 1.82) is 0 Å². The molecule has 1 aromatic heterocycles. The highest BCUT2D eigenvalue weighted by Crippen LogP contribution is 2.34. The van der Waals surface area contributed by atoms with Crippen molar-refractivity contribution in [2.75, 3.05) is 5.32 Å². The molecule has 0 radical (unpaired) electrons. The zero-order valence-electron chi connectivity index (χ0n) is 8.44. The van der Waals surface area contributed by atoms with Crippen LogP contribution in [0.5, 0.6) is 0 Å². The molecule has 1 aromatic carbocycles. The Morgan fingerprint density at radius 1 is 1.07 bits per heavy atom. The number of anilines is 1. The molecule has 0 unspecified atom stereocenters. The van der Waals surface area contributed by atoms with E-state index in [-0.39, 0.29) is 0 Å². The Bertz CT molecular complexity index is 443. The average Bonchev–Trinajstić information content (AvgIpc) is 2.93. The van der Waals surface area contributed by atoms with Crippen LogP contribution in [0.4, 0.5) is 5.69 Å². The van der Waals surface area contributed by atoms with E-state index in [0.29, 0.717) is 6.04 Å². The van der Waals surface area contributed by atoms with Crippen molar-refractivity contribution >= 4 is 17.0 Å². The second-order valence-electron chi connectivity index (χ2n) is 3.94. The van der Waals surface area contributed by atoms with Gasteiger partial charge in [0.2, 0.25) is 0 Å². The molecule has 1 nitrogen and oxygen atoms in total. The normalized spacial score (nSPS) is 15.2. The van der Waals surface area contributed by atoms with Crippen LogP contribution in [0.2, 0.25) is 0 Å². The van der Waals surface area contributed by atoms with Gasteiger partial charge in [0.25, 0.3) is 0 Å². The predicted octanol–water partition coefficient (Wildman–Crippen LogP) is 3.99. The Kier molecular flexibility index (Phi) is 2.22. The lowest BCUT2D eigenvalue weighted by molar-refractivity contribution is 1.16. The van der Waals surface area contributed by atoms with Gasteiger partial charge in [0, 0.05) is 22.2 Å². The first-order valence-corrected chi connectivity index (χ1v) is 6.21. The van der Waals surface area contributed by atoms with E-state index >= 15 is 0 Å². The van der Waals surface area contributed by atoms with E-state index < -0.39 is 0 Å². The van der Waals surface area contributed by atoms with Gasteiger partial charge in [0.15, 0.2) is 0 Å². The van der Waals surface area contributed by atoms with E-state index in [1.165, 1.54) is 29.0 Å². The van der Waals surface area contributed by atoms with Crippen LogP contribution in [0.15, 0.2) is 41.8 Å². The van der Waals surface area contributed by atoms with Gasteiger partial charge in [-0.15, -0.1) is 11.3 Å². The molecule has 0 amide bonds. The summed E-state index contributed by atoms with van der Waals surface area (Å²) in [6.07, 6.45) is 2.64. The molecule has 1 N–H and O–H groups in total. The fourth-order valence-electron chi connectivity index (χ4n) is 1.70. The minimum absolute atomic E-state index is 0.714. The smallest absolute Gasteiger partial charge is 0.0430 e. The van der Waals surface area contributed by atoms with Crippen LogP contribution in [-0.2, 0) is 0 Å². The zero-order chi connectivity index (χ0) is 10.1. The largest absolute Gasteiger partial charge is 0.382 e. The predicted molar refractivity (Wildman–Crippen MR) is 66.4 cm³/mol. The number of thiophene rings is 1. The maximum Gasteiger partial charge on any atom is 0.0430 e. The van der Waals surface area contributed by atoms with Crippen molar-refractivity contribution in [2.45, 2.75) is 18.9 Å². The van der Waals surface area contributed by atoms with E-state index in [1.54, 1.807) is 11.3 Å². The Labute approximate surface area is 93.8 Å². The highest BCUT2D eigenvalue weighted by Gasteiger charge is 2.21. The van der Waals surface area contributed by atoms with Gasteiger partial charge in [0.1, 0.15) is 0 Å². The van der Waals surface area contributed by atoms with Gasteiger partial charge in [-0.05, 0) is 30.4 Å². The molecule has 1 aliphatic rings. The Balaban J connectivity index is 1.98. The quantitative estimate of drug-likeness (QED) is 0.816. The summed E-state index contributed by atoms with van der Waals surface area (Å²) < 4.78 is 0. The lowest BCUT2D eigenvalue weighted by atomic mass is 10.1. The van der Waals surface area contributed by atoms with Crippen molar-refractivity contribution in [3.8, 4) is 10.4 Å². The molecule has 1 aliphatic carbocycles. The molecule has 76 valence electrons. The summed E-state index contributed by atoms with van der Waals surface area (Å²) in [5.74, 6) is 0. The van der Waals surface area contributed by atoms with Crippen molar-refractivity contribution in [3.63, 3.8) is 0 Å². The number of hydrogen-bond acceptors (Lipinski definition) is 2. The van der Waals surface area contributed by atoms with E-state index in [1.807, 2.05) is 0 Å². The molecule has 0 saturated heterocycles. The number of nitrogens with one attached hydrogen (secondary N) is 1. The van der Waals surface area contributed by atoms with Gasteiger partial charge >= 0.3 is 0 Å². The molecular weight excluding hydrogens is 202 g/mol. The van der Waals surface area contributed by atoms with E-state index in [0.717, 1.165) is 0 Å². The average molecular weight is 215 g/mol. The van der Waals surface area contributed by atoms with Crippen LogP contribution in [0.25, 0.3) is 10.4 Å². The maximum atomic E-state index is 3.58. The molecule has 0 spiro atoms.